The van der Waals surface area contributed by atoms with E-state index in [9.17, 15) is 0 Å². The summed E-state index contributed by atoms with van der Waals surface area (Å²) < 4.78 is 70.3. The van der Waals surface area contributed by atoms with Crippen LogP contribution in [0.1, 0.15) is 0 Å². The summed E-state index contributed by atoms with van der Waals surface area (Å²) in [5.41, 5.74) is 0. The maximum Gasteiger partial charge on any atom is 0.505 e. The SMILES string of the molecule is C[SiH](C)O[Si](O[Si](C)(C)CC[Si](C)(C)O[Si](O[Si](C)(C)CC[Si](C)(C)O[Si](O[SiH](C)C)(c1ccccc1)c1ccccc1)(O[Si](C)(C)CC[Si](C)(C)O[Si](O[Si](C)(C)C)(c1ccccc1)c1ccccc1)c1ccccc1)(c1ccccc1)c1ccccc1. The molecule has 0 amide bonds. The van der Waals surface area contributed by atoms with Crippen LogP contribution in [0.15, 0.2) is 212 Å². The summed E-state index contributed by atoms with van der Waals surface area (Å²) in [4.78, 5) is 0. The molecule has 7 aromatic carbocycles. The molecule has 22 heteroatoms. The molecule has 0 atom stereocenters. The second-order valence-corrected chi connectivity index (χ2v) is 78.2. The van der Waals surface area contributed by atoms with Gasteiger partial charge in [-0.05, 0) is 192 Å². The van der Waals surface area contributed by atoms with Gasteiger partial charge >= 0.3 is 34.5 Å². The van der Waals surface area contributed by atoms with Gasteiger partial charge in [-0.2, -0.15) is 0 Å². The minimum absolute atomic E-state index is 0.864. The van der Waals surface area contributed by atoms with Crippen molar-refractivity contribution in [1.82, 2.24) is 0 Å². The molecule has 0 aliphatic heterocycles. The van der Waals surface area contributed by atoms with Crippen LogP contribution >= 0.6 is 0 Å². The zero-order chi connectivity index (χ0) is 65.1. The van der Waals surface area contributed by atoms with Crippen molar-refractivity contribution < 1.29 is 37.0 Å². The molecule has 0 unspecified atom stereocenters. The van der Waals surface area contributed by atoms with Crippen LogP contribution in [0.3, 0.4) is 0 Å². The van der Waals surface area contributed by atoms with E-state index in [4.69, 9.17) is 37.0 Å². The third-order valence-electron chi connectivity index (χ3n) is 15.8. The van der Waals surface area contributed by atoms with Gasteiger partial charge < -0.3 is 37.0 Å². The Kier molecular flexibility index (Phi) is 25.2. The van der Waals surface area contributed by atoms with E-state index in [1.165, 1.54) is 0 Å². The Morgan fingerprint density at radius 2 is 0.404 bits per heavy atom. The molecule has 0 spiro atoms. The fraction of sp³-hybridized carbons (Fsp3) is 0.373. The van der Waals surface area contributed by atoms with Crippen molar-refractivity contribution in [3.63, 3.8) is 0 Å². The molecule has 7 rings (SSSR count). The molecule has 0 saturated heterocycles. The molecule has 0 aliphatic rings. The van der Waals surface area contributed by atoms with Crippen LogP contribution in [0.5, 0.6) is 0 Å². The van der Waals surface area contributed by atoms with Crippen molar-refractivity contribution >= 4 is 147 Å². The highest BCUT2D eigenvalue weighted by atomic mass is 28.5. The van der Waals surface area contributed by atoms with Crippen LogP contribution in [0, 0.1) is 0 Å². The van der Waals surface area contributed by atoms with Crippen molar-refractivity contribution in [3.8, 4) is 0 Å². The number of rotatable bonds is 34. The standard InChI is InChI=1S/C67H106O9Si13/c1-77(2)68-86(61-41-27-20-28-42-61,62-43-29-21-30-44-62)71-80(8,9)55-58-83(14,15)74-89(67-53-39-26-40-54-67,75-84(16,17)59-56-81(10,11)72-87(69-78(3)4,63-45-31-22-32-46-63)64-47-33-23-34-48-64)76-85(18,19)60-57-82(12,13)73-88(70-79(5,6)7,65-49-35-24-36-50-65)66-51-37-25-38-52-66/h20-54,77-78H,55-60H2,1-19H3. The van der Waals surface area contributed by atoms with Gasteiger partial charge in [0.25, 0.3) is 0 Å². The van der Waals surface area contributed by atoms with E-state index in [0.29, 0.717) is 0 Å². The van der Waals surface area contributed by atoms with Gasteiger partial charge in [-0.25, -0.2) is 0 Å². The lowest BCUT2D eigenvalue weighted by Crippen LogP contribution is -2.70. The van der Waals surface area contributed by atoms with Crippen LogP contribution in [0.2, 0.25) is 161 Å². The highest BCUT2D eigenvalue weighted by Gasteiger charge is 2.57. The summed E-state index contributed by atoms with van der Waals surface area (Å²) in [5.74, 6) is 0. The monoisotopic (exact) mass is 1420 g/mol. The molecule has 0 bridgehead atoms. The van der Waals surface area contributed by atoms with E-state index < -0.39 is 111 Å². The summed E-state index contributed by atoms with van der Waals surface area (Å²) in [6.07, 6.45) is 0. The van der Waals surface area contributed by atoms with Crippen LogP contribution < -0.4 is 36.3 Å². The maximum absolute atomic E-state index is 8.20. The van der Waals surface area contributed by atoms with Gasteiger partial charge in [-0.3, -0.25) is 0 Å². The van der Waals surface area contributed by atoms with Crippen molar-refractivity contribution in [2.45, 2.75) is 161 Å². The summed E-state index contributed by atoms with van der Waals surface area (Å²) in [5, 5.41) is 7.96. The van der Waals surface area contributed by atoms with Crippen molar-refractivity contribution in [2.75, 3.05) is 0 Å². The fourth-order valence-corrected chi connectivity index (χ4v) is 71.5. The molecule has 0 saturated carbocycles. The largest absolute Gasteiger partial charge is 0.505 e. The van der Waals surface area contributed by atoms with Gasteiger partial charge in [0.15, 0.2) is 76.3 Å². The first-order chi connectivity index (χ1) is 41.6. The second-order valence-electron chi connectivity index (χ2n) is 29.2. The van der Waals surface area contributed by atoms with E-state index in [1.807, 2.05) is 0 Å². The third kappa shape index (κ3) is 20.7. The molecular weight excluding hydrogens is 1310 g/mol. The fourth-order valence-electron chi connectivity index (χ4n) is 11.6. The Morgan fingerprint density at radius 1 is 0.225 bits per heavy atom. The van der Waals surface area contributed by atoms with Crippen LogP contribution in [0.25, 0.3) is 0 Å². The Bertz CT molecular complexity index is 2990. The van der Waals surface area contributed by atoms with E-state index in [1.54, 1.807) is 0 Å². The molecular formula is C67H106O9Si13. The van der Waals surface area contributed by atoms with Crippen molar-refractivity contribution in [1.29, 1.82) is 0 Å². The second kappa shape index (κ2) is 30.6. The molecule has 7 aromatic rings. The zero-order valence-corrected chi connectivity index (χ0v) is 70.6. The Balaban J connectivity index is 1.27. The lowest BCUT2D eigenvalue weighted by atomic mass is 10.4. The predicted octanol–water partition coefficient (Wildman–Crippen LogP) is 13.8. The Hall–Kier alpha value is -3.00. The molecule has 480 valence electrons. The minimum Gasteiger partial charge on any atom is -0.433 e. The molecule has 0 aliphatic carbocycles. The predicted molar refractivity (Wildman–Crippen MR) is 410 cm³/mol. The van der Waals surface area contributed by atoms with Gasteiger partial charge in [0.2, 0.25) is 0 Å². The molecule has 0 fully saturated rings. The topological polar surface area (TPSA) is 83.1 Å². The highest BCUT2D eigenvalue weighted by molar-refractivity contribution is 7.04. The lowest BCUT2D eigenvalue weighted by molar-refractivity contribution is 0.268. The number of hydrogen-bond acceptors (Lipinski definition) is 9. The van der Waals surface area contributed by atoms with Gasteiger partial charge in [0.05, 0.1) is 0 Å². The quantitative estimate of drug-likeness (QED) is 0.0366. The van der Waals surface area contributed by atoms with E-state index in [2.05, 4.69) is 337 Å². The highest BCUT2D eigenvalue weighted by Crippen LogP contribution is 2.37. The van der Waals surface area contributed by atoms with Crippen LogP contribution in [0.4, 0.5) is 0 Å². The smallest absolute Gasteiger partial charge is 0.433 e. The van der Waals surface area contributed by atoms with Gasteiger partial charge in [-0.1, -0.05) is 212 Å². The van der Waals surface area contributed by atoms with E-state index in [-0.39, 0.29) is 0 Å². The molecule has 0 radical (unpaired) electrons. The lowest BCUT2D eigenvalue weighted by Gasteiger charge is -2.47. The van der Waals surface area contributed by atoms with E-state index in [0.717, 1.165) is 72.6 Å². The first-order valence-electron chi connectivity index (χ1n) is 32.3. The normalized spacial score (nSPS) is 13.8. The van der Waals surface area contributed by atoms with Crippen molar-refractivity contribution in [3.05, 3.63) is 212 Å². The van der Waals surface area contributed by atoms with Gasteiger partial charge in [0.1, 0.15) is 0 Å². The molecule has 0 N–H and O–H groups in total. The summed E-state index contributed by atoms with van der Waals surface area (Å²) in [6.45, 7) is 44.7. The Morgan fingerprint density at radius 3 is 0.607 bits per heavy atom. The molecule has 0 heterocycles. The average molecular weight is 1420 g/mol. The van der Waals surface area contributed by atoms with Gasteiger partial charge in [0, 0.05) is 5.19 Å². The summed E-state index contributed by atoms with van der Waals surface area (Å²) in [6, 6.07) is 80.8. The Labute approximate surface area is 552 Å². The molecule has 9 nitrogen and oxygen atoms in total. The number of benzene rings is 7. The van der Waals surface area contributed by atoms with E-state index >= 15 is 0 Å². The first kappa shape index (κ1) is 73.4. The third-order valence-corrected chi connectivity index (χ3v) is 63.6. The minimum atomic E-state index is -3.82. The van der Waals surface area contributed by atoms with Gasteiger partial charge in [-0.15, -0.1) is 0 Å². The first-order valence-corrected chi connectivity index (χ1v) is 67.1. The zero-order valence-electron chi connectivity index (χ0n) is 57.3. The molecule has 0 aromatic heterocycles. The maximum atomic E-state index is 8.20. The summed E-state index contributed by atoms with van der Waals surface area (Å²) >= 11 is 0. The van der Waals surface area contributed by atoms with Crippen LogP contribution in [-0.4, -0.2) is 111 Å². The number of hydrogen-bond donors (Lipinski definition) is 0. The van der Waals surface area contributed by atoms with Crippen molar-refractivity contribution in [2.24, 2.45) is 0 Å². The molecule has 89 heavy (non-hydrogen) atoms. The average Bonchev–Trinajstić information content (AvgIpc) is 0.916. The summed E-state index contributed by atoms with van der Waals surface area (Å²) in [7, 11) is -34.4. The van der Waals surface area contributed by atoms with Crippen LogP contribution in [-0.2, 0) is 37.0 Å².